The number of amides is 2. The number of aryl methyl sites for hydroxylation is 4. The van der Waals surface area contributed by atoms with E-state index in [1.807, 2.05) is 83.6 Å². The topological polar surface area (TPSA) is 234 Å². The maximum atomic E-state index is 12.3. The van der Waals surface area contributed by atoms with E-state index in [2.05, 4.69) is 107 Å². The second-order valence-electron chi connectivity index (χ2n) is 21.1. The van der Waals surface area contributed by atoms with Crippen molar-refractivity contribution in [2.45, 2.75) is 111 Å². The lowest BCUT2D eigenvalue weighted by molar-refractivity contribution is -0.165. The number of aliphatic hydroxyl groups excluding tert-OH is 3. The molecular weight excluding hydrogens is 1030 g/mol. The van der Waals surface area contributed by atoms with Crippen LogP contribution in [0.1, 0.15) is 90.4 Å². The molecular formula is C64H79N7O10. The first-order valence-corrected chi connectivity index (χ1v) is 26.9. The zero-order chi connectivity index (χ0) is 59.8. The van der Waals surface area contributed by atoms with Crippen LogP contribution in [0.4, 0.5) is 0 Å². The number of likely N-dealkylation sites (N-methyl/N-ethyl adjacent to an activating group) is 2. The Morgan fingerprint density at radius 2 is 0.963 bits per heavy atom. The van der Waals surface area contributed by atoms with Crippen LogP contribution in [0.2, 0.25) is 0 Å². The van der Waals surface area contributed by atoms with Crippen molar-refractivity contribution in [3.05, 3.63) is 184 Å². The van der Waals surface area contributed by atoms with Crippen molar-refractivity contribution in [2.75, 3.05) is 34.7 Å². The zero-order valence-corrected chi connectivity index (χ0v) is 48.6. The number of aromatic hydroxyl groups is 1. The first-order chi connectivity index (χ1) is 38.3. The van der Waals surface area contributed by atoms with Gasteiger partial charge in [0, 0.05) is 75.3 Å². The first kappa shape index (κ1) is 63.6. The maximum absolute atomic E-state index is 12.3. The number of aliphatic carboxylic acids is 2. The van der Waals surface area contributed by atoms with Gasteiger partial charge in [-0.1, -0.05) is 108 Å². The molecule has 0 aliphatic carbocycles. The molecule has 0 saturated heterocycles. The molecule has 0 aliphatic rings. The van der Waals surface area contributed by atoms with Gasteiger partial charge in [-0.25, -0.2) is 19.6 Å². The van der Waals surface area contributed by atoms with Gasteiger partial charge in [0.25, 0.3) is 0 Å². The van der Waals surface area contributed by atoms with Crippen molar-refractivity contribution < 1.29 is 49.8 Å². The monoisotopic (exact) mass is 1110 g/mol. The third kappa shape index (κ3) is 17.4. The summed E-state index contributed by atoms with van der Waals surface area (Å²) in [5.41, 5.74) is 15.1. The van der Waals surface area contributed by atoms with Gasteiger partial charge < -0.3 is 49.2 Å². The quantitative estimate of drug-likeness (QED) is 0.0501. The second-order valence-corrected chi connectivity index (χ2v) is 21.1. The van der Waals surface area contributed by atoms with Crippen LogP contribution in [0.3, 0.4) is 0 Å². The van der Waals surface area contributed by atoms with Crippen molar-refractivity contribution in [3.8, 4) is 28.3 Å². The molecule has 0 bridgehead atoms. The number of aromatic nitrogens is 4. The Labute approximate surface area is 475 Å². The molecule has 0 spiro atoms. The molecule has 0 aliphatic heterocycles. The highest BCUT2D eigenvalue weighted by atomic mass is 16.4. The lowest BCUT2D eigenvalue weighted by Gasteiger charge is -2.32. The van der Waals surface area contributed by atoms with E-state index in [0.717, 1.165) is 80.4 Å². The van der Waals surface area contributed by atoms with Crippen molar-refractivity contribution in [1.82, 2.24) is 33.5 Å². The summed E-state index contributed by atoms with van der Waals surface area (Å²) >= 11 is 0. The molecule has 0 saturated carbocycles. The smallest absolute Gasteiger partial charge is 0.335 e. The minimum absolute atomic E-state index is 0.0150. The molecule has 0 fully saturated rings. The molecule has 4 aromatic carbocycles. The Kier molecular flexibility index (Phi) is 23.0. The minimum atomic E-state index is -2.27. The van der Waals surface area contributed by atoms with E-state index in [1.54, 1.807) is 50.1 Å². The Hall–Kier alpha value is -8.22. The van der Waals surface area contributed by atoms with Crippen molar-refractivity contribution in [1.29, 1.82) is 0 Å². The van der Waals surface area contributed by atoms with Crippen LogP contribution in [0, 0.1) is 27.7 Å². The number of carboxylic acid groups (broad SMARTS) is 2. The maximum Gasteiger partial charge on any atom is 0.335 e. The zero-order valence-electron chi connectivity index (χ0n) is 48.6. The molecule has 81 heavy (non-hydrogen) atoms. The predicted molar refractivity (Wildman–Crippen MR) is 316 cm³/mol. The van der Waals surface area contributed by atoms with Crippen molar-refractivity contribution in [2.24, 2.45) is 0 Å². The van der Waals surface area contributed by atoms with E-state index < -0.39 is 24.1 Å². The van der Waals surface area contributed by atoms with Gasteiger partial charge in [-0.15, -0.1) is 0 Å². The van der Waals surface area contributed by atoms with Gasteiger partial charge >= 0.3 is 11.9 Å². The van der Waals surface area contributed by atoms with Crippen LogP contribution < -0.4 is 0 Å². The van der Waals surface area contributed by atoms with E-state index >= 15 is 0 Å². The van der Waals surface area contributed by atoms with E-state index in [4.69, 9.17) is 30.4 Å². The highest BCUT2D eigenvalue weighted by molar-refractivity contribution is 5.83. The summed E-state index contributed by atoms with van der Waals surface area (Å²) in [6, 6.07) is 41.3. The second kappa shape index (κ2) is 29.3. The Balaban J connectivity index is 0.000000206. The number of benzene rings is 4. The number of imidazole rings is 2. The van der Waals surface area contributed by atoms with Gasteiger partial charge in [-0.3, -0.25) is 14.5 Å². The number of phenols is 1. The normalized spacial score (nSPS) is 12.2. The number of aliphatic hydroxyl groups is 3. The molecule has 3 atom stereocenters. The molecule has 4 heterocycles. The molecule has 8 aromatic rings. The summed E-state index contributed by atoms with van der Waals surface area (Å²) in [7, 11) is 7.12. The summed E-state index contributed by atoms with van der Waals surface area (Å²) in [6.07, 6.45) is 1.14. The summed E-state index contributed by atoms with van der Waals surface area (Å²) in [5, 5.41) is 52.5. The van der Waals surface area contributed by atoms with Gasteiger partial charge in [0.15, 0.2) is 12.2 Å². The number of hydrogen-bond acceptors (Lipinski definition) is 11. The van der Waals surface area contributed by atoms with Crippen LogP contribution in [-0.4, -0.2) is 147 Å². The van der Waals surface area contributed by atoms with Gasteiger partial charge in [0.05, 0.1) is 42.2 Å². The van der Waals surface area contributed by atoms with Crippen LogP contribution >= 0.6 is 0 Å². The number of hydrogen-bond donors (Lipinski definition) is 6. The van der Waals surface area contributed by atoms with E-state index in [0.29, 0.717) is 30.7 Å². The van der Waals surface area contributed by atoms with Crippen LogP contribution in [0.15, 0.2) is 134 Å². The van der Waals surface area contributed by atoms with Crippen LogP contribution in [0.25, 0.3) is 33.8 Å². The number of nitrogens with zero attached hydrogens (tertiary/aromatic N) is 7. The molecule has 8 rings (SSSR count). The molecule has 17 nitrogen and oxygen atoms in total. The molecule has 430 valence electrons. The van der Waals surface area contributed by atoms with Gasteiger partial charge in [-0.2, -0.15) is 0 Å². The van der Waals surface area contributed by atoms with Crippen molar-refractivity contribution >= 4 is 35.0 Å². The fourth-order valence-corrected chi connectivity index (χ4v) is 9.05. The molecule has 2 amide bonds. The van der Waals surface area contributed by atoms with Crippen LogP contribution in [-0.2, 0) is 38.6 Å². The average Bonchev–Trinajstić information content (AvgIpc) is 4.08. The third-order valence-electron chi connectivity index (χ3n) is 13.7. The van der Waals surface area contributed by atoms with Gasteiger partial charge in [0.1, 0.15) is 17.0 Å². The lowest BCUT2D eigenvalue weighted by atomic mass is 9.86. The Bertz CT molecular complexity index is 3200. The number of carbonyl (C=O) groups is 4. The summed E-state index contributed by atoms with van der Waals surface area (Å²) < 4.78 is 4.07. The van der Waals surface area contributed by atoms with E-state index in [9.17, 15) is 29.4 Å². The standard InChI is InChI=1S/C22H31NO2.2C19H21N3O.C4H6O6/c1-16(2)23(17(3)4)13-12-20(19-8-6-5-7-9-19)21-14-18(15-24)10-11-22(21)25;2*1-13-5-8-15(9-6-13)19-16(11-18(23)21(3)4)22-12-14(2)7-10-17(22)20-19;5-1(3(7)8)2(6)4(9)10/h5-11,14,16-17,20,24-25H,12-13,15H2,1-4H3;2*5-10,12H,11H2,1-4H3;1-2,5-6H,(H,7,8)(H,9,10). The fourth-order valence-electron chi connectivity index (χ4n) is 9.05. The number of phenolic OH excluding ortho intramolecular Hbond substituents is 1. The highest BCUT2D eigenvalue weighted by Crippen LogP contribution is 2.35. The summed E-state index contributed by atoms with van der Waals surface area (Å²) in [4.78, 5) is 59.3. The minimum Gasteiger partial charge on any atom is -0.508 e. The first-order valence-electron chi connectivity index (χ1n) is 26.9. The number of pyridine rings is 2. The molecule has 0 radical (unpaired) electrons. The Morgan fingerprint density at radius 1 is 0.556 bits per heavy atom. The summed E-state index contributed by atoms with van der Waals surface area (Å²) in [6.45, 7) is 18.0. The third-order valence-corrected chi connectivity index (χ3v) is 13.7. The summed E-state index contributed by atoms with van der Waals surface area (Å²) in [5.74, 6) is -2.99. The molecule has 3 unspecified atom stereocenters. The van der Waals surface area contributed by atoms with Crippen LogP contribution in [0.5, 0.6) is 5.75 Å². The fraction of sp³-hybridized carbons (Fsp3) is 0.344. The lowest BCUT2D eigenvalue weighted by Crippen LogP contribution is -2.39. The highest BCUT2D eigenvalue weighted by Gasteiger charge is 2.29. The van der Waals surface area contributed by atoms with E-state index in [-0.39, 0.29) is 24.3 Å². The van der Waals surface area contributed by atoms with E-state index in [1.165, 1.54) is 16.7 Å². The predicted octanol–water partition coefficient (Wildman–Crippen LogP) is 8.90. The number of carbonyl (C=O) groups excluding carboxylic acids is 2. The van der Waals surface area contributed by atoms with Gasteiger partial charge in [-0.05, 0) is 115 Å². The SMILES string of the molecule is CC(C)N(CCC(c1ccccc1)c1cc(CO)ccc1O)C(C)C.Cc1ccc(-c2nc3ccc(C)cn3c2CC(=O)N(C)C)cc1.Cc1ccc(-c2nc3ccc(C)cn3c2CC(=O)N(C)C)cc1.O=C(O)C(O)C(O)C(=O)O. The number of carboxylic acids is 2. The van der Waals surface area contributed by atoms with Crippen molar-refractivity contribution in [3.63, 3.8) is 0 Å². The number of rotatable bonds is 17. The number of fused-ring (bicyclic) bond motifs is 2. The largest absolute Gasteiger partial charge is 0.508 e. The average molecular weight is 1110 g/mol. The molecule has 17 heteroatoms. The van der Waals surface area contributed by atoms with Gasteiger partial charge in [0.2, 0.25) is 11.8 Å². The molecule has 4 aromatic heterocycles. The Morgan fingerprint density at radius 3 is 1.33 bits per heavy atom. The molecule has 6 N–H and O–H groups in total.